The molecule has 0 radical (unpaired) electrons. The first kappa shape index (κ1) is 15.2. The lowest BCUT2D eigenvalue weighted by Crippen LogP contribution is -2.35. The van der Waals surface area contributed by atoms with Gasteiger partial charge in [0.2, 0.25) is 0 Å². The number of nitrogens with two attached hydrogens (primary N) is 1. The molecule has 1 aromatic carbocycles. The van der Waals surface area contributed by atoms with Crippen LogP contribution in [0.3, 0.4) is 0 Å². The molecule has 0 saturated carbocycles. The van der Waals surface area contributed by atoms with Crippen LogP contribution in [0.4, 0.5) is 0 Å². The van der Waals surface area contributed by atoms with Gasteiger partial charge in [0.05, 0.1) is 0 Å². The van der Waals surface area contributed by atoms with Crippen LogP contribution in [0, 0.1) is 27.7 Å². The number of hydrazine groups is 1. The molecule has 0 aromatic heterocycles. The smallest absolute Gasteiger partial charge is 0.281 e. The van der Waals surface area contributed by atoms with E-state index in [4.69, 9.17) is 5.84 Å². The van der Waals surface area contributed by atoms with E-state index < -0.39 is 0 Å². The third-order valence-corrected chi connectivity index (χ3v) is 3.55. The fraction of sp³-hybridized carbons (Fsp3) is 0.400. The van der Waals surface area contributed by atoms with Crippen molar-refractivity contribution in [2.45, 2.75) is 27.7 Å². The van der Waals surface area contributed by atoms with Crippen molar-refractivity contribution in [1.29, 1.82) is 0 Å². The summed E-state index contributed by atoms with van der Waals surface area (Å²) in [6.45, 7) is 8.30. The van der Waals surface area contributed by atoms with Crippen LogP contribution in [0.1, 0.15) is 27.8 Å². The summed E-state index contributed by atoms with van der Waals surface area (Å²) >= 11 is 0. The summed E-state index contributed by atoms with van der Waals surface area (Å²) in [5, 5.41) is 0. The van der Waals surface area contributed by atoms with Gasteiger partial charge in [-0.15, -0.1) is 0 Å². The predicted octanol–water partition coefficient (Wildman–Crippen LogP) is 1.81. The molecule has 104 valence electrons. The Hall–Kier alpha value is -1.81. The van der Waals surface area contributed by atoms with Crippen molar-refractivity contribution in [2.24, 2.45) is 5.84 Å². The molecule has 3 N–H and O–H groups in total. The van der Waals surface area contributed by atoms with E-state index in [1.54, 1.807) is 4.90 Å². The molecule has 0 aliphatic carbocycles. The molecular formula is C15H23N3O. The van der Waals surface area contributed by atoms with Crippen LogP contribution in [-0.2, 0) is 4.79 Å². The van der Waals surface area contributed by atoms with Gasteiger partial charge < -0.3 is 4.90 Å². The molecule has 0 spiro atoms. The van der Waals surface area contributed by atoms with Gasteiger partial charge in [-0.3, -0.25) is 10.2 Å². The molecule has 0 saturated heterocycles. The largest absolute Gasteiger partial charge is 0.373 e. The number of nitrogens with zero attached hydrogens (tertiary/aromatic N) is 1. The molecule has 0 fully saturated rings. The fourth-order valence-electron chi connectivity index (χ4n) is 2.07. The highest BCUT2D eigenvalue weighted by atomic mass is 16.2. The Balaban J connectivity index is 3.48. The summed E-state index contributed by atoms with van der Waals surface area (Å²) in [5.41, 5.74) is 8.63. The number of aryl methyl sites for hydroxylation is 2. The third-order valence-electron chi connectivity index (χ3n) is 3.55. The molecule has 0 aliphatic heterocycles. The van der Waals surface area contributed by atoms with Gasteiger partial charge in [-0.05, 0) is 61.6 Å². The van der Waals surface area contributed by atoms with Crippen LogP contribution in [-0.4, -0.2) is 24.9 Å². The highest BCUT2D eigenvalue weighted by Gasteiger charge is 2.13. The molecule has 4 heteroatoms. The van der Waals surface area contributed by atoms with Crippen LogP contribution in [0.15, 0.2) is 11.8 Å². The first-order chi connectivity index (χ1) is 8.79. The zero-order chi connectivity index (χ0) is 14.7. The number of carbonyl (C=O) groups excluding carboxylic acids is 1. The Bertz CT molecular complexity index is 504. The number of hydrogen-bond donors (Lipinski definition) is 2. The van der Waals surface area contributed by atoms with Crippen LogP contribution in [0.5, 0.6) is 0 Å². The first-order valence-electron chi connectivity index (χ1n) is 6.27. The van der Waals surface area contributed by atoms with E-state index in [1.165, 1.54) is 22.3 Å². The number of hydrogen-bond acceptors (Lipinski definition) is 3. The fourth-order valence-corrected chi connectivity index (χ4v) is 2.07. The Morgan fingerprint density at radius 3 is 2.00 bits per heavy atom. The lowest BCUT2D eigenvalue weighted by Gasteiger charge is -2.18. The number of nitrogens with one attached hydrogen (secondary N) is 1. The van der Waals surface area contributed by atoms with E-state index in [9.17, 15) is 4.79 Å². The molecule has 1 amide bonds. The second kappa shape index (κ2) is 5.89. The summed E-state index contributed by atoms with van der Waals surface area (Å²) in [7, 11) is 3.66. The lowest BCUT2D eigenvalue weighted by molar-refractivity contribution is -0.118. The van der Waals surface area contributed by atoms with Crippen LogP contribution >= 0.6 is 0 Å². The normalized spacial score (nSPS) is 11.4. The number of benzene rings is 1. The van der Waals surface area contributed by atoms with Crippen molar-refractivity contribution < 1.29 is 4.79 Å². The Morgan fingerprint density at radius 2 is 1.63 bits per heavy atom. The molecule has 0 bridgehead atoms. The molecular weight excluding hydrogens is 238 g/mol. The number of likely N-dealkylation sites (N-methyl/N-ethyl adjacent to an activating group) is 1. The second-order valence-electron chi connectivity index (χ2n) is 5.07. The summed E-state index contributed by atoms with van der Waals surface area (Å²) < 4.78 is 0. The average Bonchev–Trinajstić information content (AvgIpc) is 2.35. The maximum Gasteiger partial charge on any atom is 0.281 e. The second-order valence-corrected chi connectivity index (χ2v) is 5.07. The number of amides is 1. The number of carbonyl (C=O) groups is 1. The highest BCUT2D eigenvalue weighted by molar-refractivity contribution is 5.97. The van der Waals surface area contributed by atoms with Crippen LogP contribution in [0.25, 0.3) is 6.08 Å². The maximum atomic E-state index is 11.8. The van der Waals surface area contributed by atoms with Gasteiger partial charge in [-0.2, -0.15) is 0 Å². The van der Waals surface area contributed by atoms with E-state index in [0.717, 1.165) is 5.56 Å². The van der Waals surface area contributed by atoms with Gasteiger partial charge in [0, 0.05) is 14.1 Å². The summed E-state index contributed by atoms with van der Waals surface area (Å²) in [4.78, 5) is 13.6. The van der Waals surface area contributed by atoms with Gasteiger partial charge >= 0.3 is 0 Å². The average molecular weight is 261 g/mol. The lowest BCUT2D eigenvalue weighted by atomic mass is 9.93. The molecule has 0 unspecified atom stereocenters. The Labute approximate surface area is 115 Å². The van der Waals surface area contributed by atoms with E-state index in [1.807, 2.05) is 20.2 Å². The maximum absolute atomic E-state index is 11.8. The van der Waals surface area contributed by atoms with Gasteiger partial charge in [0.25, 0.3) is 5.91 Å². The Morgan fingerprint density at radius 1 is 1.16 bits per heavy atom. The van der Waals surface area contributed by atoms with Crippen molar-refractivity contribution in [1.82, 2.24) is 10.3 Å². The molecule has 1 aromatic rings. The summed E-state index contributed by atoms with van der Waals surface area (Å²) in [5.74, 6) is 4.94. The minimum absolute atomic E-state index is 0.289. The monoisotopic (exact) mass is 261 g/mol. The van der Waals surface area contributed by atoms with Gasteiger partial charge in [-0.1, -0.05) is 6.07 Å². The quantitative estimate of drug-likeness (QED) is 0.377. The van der Waals surface area contributed by atoms with Crippen molar-refractivity contribution in [3.63, 3.8) is 0 Å². The summed E-state index contributed by atoms with van der Waals surface area (Å²) in [6.07, 6.45) is 1.90. The van der Waals surface area contributed by atoms with E-state index in [2.05, 4.69) is 39.2 Å². The summed E-state index contributed by atoms with van der Waals surface area (Å²) in [6, 6.07) is 2.17. The zero-order valence-electron chi connectivity index (χ0n) is 12.6. The van der Waals surface area contributed by atoms with Crippen LogP contribution < -0.4 is 11.3 Å². The van der Waals surface area contributed by atoms with Gasteiger partial charge in [0.15, 0.2) is 0 Å². The van der Waals surface area contributed by atoms with Crippen molar-refractivity contribution >= 4 is 12.0 Å². The standard InChI is InChI=1S/C15H23N3O/c1-9-7-10(2)12(4)13(11(9)3)8-14(18(5)6)15(19)17-16/h7-8H,16H2,1-6H3,(H,17,19)/b14-8+. The predicted molar refractivity (Wildman–Crippen MR) is 79.4 cm³/mol. The topological polar surface area (TPSA) is 58.4 Å². The molecule has 0 aliphatic rings. The molecule has 0 atom stereocenters. The minimum Gasteiger partial charge on any atom is -0.373 e. The van der Waals surface area contributed by atoms with Crippen molar-refractivity contribution in [2.75, 3.05) is 14.1 Å². The van der Waals surface area contributed by atoms with Crippen molar-refractivity contribution in [3.8, 4) is 0 Å². The van der Waals surface area contributed by atoms with Gasteiger partial charge in [0.1, 0.15) is 5.70 Å². The zero-order valence-corrected chi connectivity index (χ0v) is 12.6. The van der Waals surface area contributed by atoms with E-state index >= 15 is 0 Å². The number of rotatable bonds is 3. The SMILES string of the molecule is Cc1cc(C)c(C)c(/C=C(\C(=O)NN)N(C)C)c1C. The van der Waals surface area contributed by atoms with Crippen LogP contribution in [0.2, 0.25) is 0 Å². The van der Waals surface area contributed by atoms with Crippen molar-refractivity contribution in [3.05, 3.63) is 39.6 Å². The van der Waals surface area contributed by atoms with E-state index in [0.29, 0.717) is 5.70 Å². The van der Waals surface area contributed by atoms with E-state index in [-0.39, 0.29) is 5.91 Å². The molecule has 0 heterocycles. The Kier molecular flexibility index (Phi) is 4.72. The molecule has 1 rings (SSSR count). The minimum atomic E-state index is -0.289. The molecule has 19 heavy (non-hydrogen) atoms. The molecule has 4 nitrogen and oxygen atoms in total. The first-order valence-corrected chi connectivity index (χ1v) is 6.27. The van der Waals surface area contributed by atoms with Gasteiger partial charge in [-0.25, -0.2) is 5.84 Å². The third kappa shape index (κ3) is 3.15. The highest BCUT2D eigenvalue weighted by Crippen LogP contribution is 2.24.